The molecule has 0 saturated carbocycles. The minimum Gasteiger partial charge on any atom is -0.356 e. The minimum atomic E-state index is 0. The van der Waals surface area contributed by atoms with E-state index in [-0.39, 0.29) is 24.0 Å². The Kier molecular flexibility index (Phi) is 10.3. The number of halogens is 1. The molecule has 2 rings (SSSR count). The number of nitrogens with one attached hydrogen (secondary N) is 1. The summed E-state index contributed by atoms with van der Waals surface area (Å²) in [7, 11) is 3.96. The van der Waals surface area contributed by atoms with Crippen molar-refractivity contribution in [1.82, 2.24) is 15.1 Å². The van der Waals surface area contributed by atoms with Gasteiger partial charge in [0.25, 0.3) is 0 Å². The highest BCUT2D eigenvalue weighted by molar-refractivity contribution is 14.0. The molecule has 5 heteroatoms. The molecular weight excluding hydrogens is 411 g/mol. The van der Waals surface area contributed by atoms with E-state index >= 15 is 0 Å². The number of benzene rings is 1. The van der Waals surface area contributed by atoms with Crippen molar-refractivity contribution in [2.24, 2.45) is 10.9 Å². The van der Waals surface area contributed by atoms with Gasteiger partial charge in [-0.2, -0.15) is 0 Å². The number of likely N-dealkylation sites (tertiary alicyclic amines) is 1. The van der Waals surface area contributed by atoms with Gasteiger partial charge in [0.1, 0.15) is 0 Å². The summed E-state index contributed by atoms with van der Waals surface area (Å²) in [4.78, 5) is 9.21. The predicted molar refractivity (Wildman–Crippen MR) is 114 cm³/mol. The van der Waals surface area contributed by atoms with E-state index < -0.39 is 0 Å². The largest absolute Gasteiger partial charge is 0.356 e. The van der Waals surface area contributed by atoms with Crippen molar-refractivity contribution >= 4 is 29.9 Å². The van der Waals surface area contributed by atoms with Crippen LogP contribution in [0.4, 0.5) is 0 Å². The highest BCUT2D eigenvalue weighted by Crippen LogP contribution is 2.10. The normalized spacial score (nSPS) is 17.0. The molecule has 1 atom stereocenters. The van der Waals surface area contributed by atoms with Crippen molar-refractivity contribution < 1.29 is 0 Å². The monoisotopic (exact) mass is 444 g/mol. The maximum absolute atomic E-state index is 4.42. The highest BCUT2D eigenvalue weighted by atomic mass is 127. The first-order chi connectivity index (χ1) is 11.2. The van der Waals surface area contributed by atoms with Gasteiger partial charge in [0.2, 0.25) is 0 Å². The average Bonchev–Trinajstić information content (AvgIpc) is 2.57. The number of aliphatic imine (C=N–C) groups is 1. The maximum atomic E-state index is 4.42. The molecule has 1 aliphatic rings. The van der Waals surface area contributed by atoms with Gasteiger partial charge >= 0.3 is 0 Å². The Hall–Kier alpha value is -0.820. The maximum Gasteiger partial charge on any atom is 0.193 e. The lowest BCUT2D eigenvalue weighted by Gasteiger charge is -2.30. The van der Waals surface area contributed by atoms with Crippen LogP contribution < -0.4 is 5.32 Å². The summed E-state index contributed by atoms with van der Waals surface area (Å²) in [5.41, 5.74) is 1.30. The smallest absolute Gasteiger partial charge is 0.193 e. The molecule has 1 N–H and O–H groups in total. The summed E-state index contributed by atoms with van der Waals surface area (Å²) < 4.78 is 0. The number of rotatable bonds is 6. The second-order valence-electron chi connectivity index (χ2n) is 6.74. The molecule has 0 amide bonds. The van der Waals surface area contributed by atoms with Crippen LogP contribution in [-0.2, 0) is 6.54 Å². The zero-order chi connectivity index (χ0) is 16.5. The molecule has 1 aliphatic heterocycles. The first-order valence-corrected chi connectivity index (χ1v) is 8.87. The van der Waals surface area contributed by atoms with Crippen LogP contribution in [0, 0.1) is 5.92 Å². The Morgan fingerprint density at radius 3 is 2.50 bits per heavy atom. The Morgan fingerprint density at radius 1 is 1.21 bits per heavy atom. The van der Waals surface area contributed by atoms with E-state index in [4.69, 9.17) is 0 Å². The molecule has 0 radical (unpaired) electrons. The first-order valence-electron chi connectivity index (χ1n) is 8.87. The third-order valence-corrected chi connectivity index (χ3v) is 4.46. The van der Waals surface area contributed by atoms with Gasteiger partial charge in [0.05, 0.1) is 0 Å². The molecule has 4 nitrogen and oxygen atoms in total. The summed E-state index contributed by atoms with van der Waals surface area (Å²) in [5, 5.41) is 3.53. The van der Waals surface area contributed by atoms with Crippen molar-refractivity contribution in [3.63, 3.8) is 0 Å². The van der Waals surface area contributed by atoms with Crippen molar-refractivity contribution in [2.75, 3.05) is 40.3 Å². The van der Waals surface area contributed by atoms with Gasteiger partial charge < -0.3 is 15.1 Å². The SMILES string of the molecule is CN=C(NCC(C)CN1CCCCC1)N(C)Cc1ccccc1.I. The van der Waals surface area contributed by atoms with Crippen LogP contribution in [0.2, 0.25) is 0 Å². The van der Waals surface area contributed by atoms with Crippen LogP contribution >= 0.6 is 24.0 Å². The fourth-order valence-electron chi connectivity index (χ4n) is 3.23. The Balaban J connectivity index is 0.00000288. The van der Waals surface area contributed by atoms with E-state index in [0.717, 1.165) is 19.0 Å². The fraction of sp³-hybridized carbons (Fsp3) is 0.632. The van der Waals surface area contributed by atoms with Crippen LogP contribution in [0.25, 0.3) is 0 Å². The molecule has 1 fully saturated rings. The molecule has 0 bridgehead atoms. The lowest BCUT2D eigenvalue weighted by Crippen LogP contribution is -2.43. The highest BCUT2D eigenvalue weighted by Gasteiger charge is 2.14. The van der Waals surface area contributed by atoms with Crippen LogP contribution in [-0.4, -0.2) is 56.0 Å². The summed E-state index contributed by atoms with van der Waals surface area (Å²) in [6.45, 7) is 7.90. The molecule has 136 valence electrons. The standard InChI is InChI=1S/C19H32N4.HI/c1-17(15-23-12-8-5-9-13-23)14-21-19(20-2)22(3)16-18-10-6-4-7-11-18;/h4,6-7,10-11,17H,5,8-9,12-16H2,1-3H3,(H,20,21);1H. The van der Waals surface area contributed by atoms with Gasteiger partial charge in [0.15, 0.2) is 5.96 Å². The van der Waals surface area contributed by atoms with E-state index in [0.29, 0.717) is 5.92 Å². The number of guanidine groups is 1. The lowest BCUT2D eigenvalue weighted by atomic mass is 10.1. The molecule has 0 spiro atoms. The Bertz CT molecular complexity index is 472. The van der Waals surface area contributed by atoms with Gasteiger partial charge in [-0.15, -0.1) is 24.0 Å². The number of hydrogen-bond acceptors (Lipinski definition) is 2. The fourth-order valence-corrected chi connectivity index (χ4v) is 3.23. The molecular formula is C19H33IN4. The van der Waals surface area contributed by atoms with Crippen LogP contribution in [0.5, 0.6) is 0 Å². The first kappa shape index (κ1) is 21.2. The van der Waals surface area contributed by atoms with Crippen LogP contribution in [0.1, 0.15) is 31.7 Å². The van der Waals surface area contributed by atoms with Crippen molar-refractivity contribution in [3.05, 3.63) is 35.9 Å². The Morgan fingerprint density at radius 2 is 1.88 bits per heavy atom. The van der Waals surface area contributed by atoms with Gasteiger partial charge in [-0.3, -0.25) is 4.99 Å². The second kappa shape index (κ2) is 11.7. The van der Waals surface area contributed by atoms with E-state index in [9.17, 15) is 0 Å². The van der Waals surface area contributed by atoms with E-state index in [1.165, 1.54) is 44.5 Å². The third-order valence-electron chi connectivity index (χ3n) is 4.46. The van der Waals surface area contributed by atoms with Crippen LogP contribution in [0.15, 0.2) is 35.3 Å². The molecule has 1 aromatic carbocycles. The average molecular weight is 444 g/mol. The lowest BCUT2D eigenvalue weighted by molar-refractivity contribution is 0.200. The van der Waals surface area contributed by atoms with Crippen molar-refractivity contribution in [1.29, 1.82) is 0 Å². The molecule has 1 aromatic rings. The Labute approximate surface area is 164 Å². The zero-order valence-electron chi connectivity index (χ0n) is 15.4. The third kappa shape index (κ3) is 7.38. The van der Waals surface area contributed by atoms with Crippen LogP contribution in [0.3, 0.4) is 0 Å². The summed E-state index contributed by atoms with van der Waals surface area (Å²) in [6, 6.07) is 10.5. The molecule has 1 saturated heterocycles. The van der Waals surface area contributed by atoms with Crippen molar-refractivity contribution in [2.45, 2.75) is 32.7 Å². The van der Waals surface area contributed by atoms with E-state index in [1.54, 1.807) is 0 Å². The second-order valence-corrected chi connectivity index (χ2v) is 6.74. The van der Waals surface area contributed by atoms with E-state index in [1.807, 2.05) is 7.05 Å². The van der Waals surface area contributed by atoms with Crippen molar-refractivity contribution in [3.8, 4) is 0 Å². The van der Waals surface area contributed by atoms with Gasteiger partial charge in [-0.25, -0.2) is 0 Å². The van der Waals surface area contributed by atoms with Gasteiger partial charge in [-0.1, -0.05) is 43.7 Å². The van der Waals surface area contributed by atoms with Gasteiger partial charge in [-0.05, 0) is 37.4 Å². The predicted octanol–water partition coefficient (Wildman–Crippen LogP) is 3.43. The molecule has 1 heterocycles. The van der Waals surface area contributed by atoms with E-state index in [2.05, 4.69) is 64.4 Å². The molecule has 24 heavy (non-hydrogen) atoms. The number of nitrogens with zero attached hydrogens (tertiary/aromatic N) is 3. The van der Waals surface area contributed by atoms with Gasteiger partial charge in [0, 0.05) is 33.7 Å². The minimum absolute atomic E-state index is 0. The molecule has 1 unspecified atom stereocenters. The number of hydrogen-bond donors (Lipinski definition) is 1. The quantitative estimate of drug-likeness (QED) is 0.415. The summed E-state index contributed by atoms with van der Waals surface area (Å²) >= 11 is 0. The number of piperidine rings is 1. The zero-order valence-corrected chi connectivity index (χ0v) is 17.7. The topological polar surface area (TPSA) is 30.9 Å². The summed E-state index contributed by atoms with van der Waals surface area (Å²) in [6.07, 6.45) is 4.13. The molecule has 0 aromatic heterocycles. The summed E-state index contributed by atoms with van der Waals surface area (Å²) in [5.74, 6) is 1.61. The molecule has 0 aliphatic carbocycles.